The zero-order valence-corrected chi connectivity index (χ0v) is 11.6. The van der Waals surface area contributed by atoms with Gasteiger partial charge in [0, 0.05) is 24.8 Å². The lowest BCUT2D eigenvalue weighted by molar-refractivity contribution is -0.138. The SMILES string of the molecule is CC1CN(c2ccc(CN)c(C(F)(F)F)c2)C(C)CO1. The lowest BCUT2D eigenvalue weighted by atomic mass is 10.0. The fourth-order valence-corrected chi connectivity index (χ4v) is 2.45. The van der Waals surface area contributed by atoms with Crippen LogP contribution in [0, 0.1) is 0 Å². The Bertz CT molecular complexity index is 476. The summed E-state index contributed by atoms with van der Waals surface area (Å²) in [5.74, 6) is 0. The van der Waals surface area contributed by atoms with Crippen LogP contribution in [-0.2, 0) is 17.5 Å². The summed E-state index contributed by atoms with van der Waals surface area (Å²) in [6.07, 6.45) is -4.37. The van der Waals surface area contributed by atoms with Gasteiger partial charge < -0.3 is 15.4 Å². The molecule has 1 aromatic carbocycles. The van der Waals surface area contributed by atoms with Gasteiger partial charge >= 0.3 is 6.18 Å². The fraction of sp³-hybridized carbons (Fsp3) is 0.571. The maximum absolute atomic E-state index is 13.1. The number of hydrogen-bond donors (Lipinski definition) is 1. The summed E-state index contributed by atoms with van der Waals surface area (Å²) in [6.45, 7) is 4.83. The highest BCUT2D eigenvalue weighted by atomic mass is 19.4. The number of anilines is 1. The maximum atomic E-state index is 13.1. The molecule has 1 aromatic rings. The zero-order chi connectivity index (χ0) is 14.9. The largest absolute Gasteiger partial charge is 0.416 e. The molecule has 0 radical (unpaired) electrons. The zero-order valence-electron chi connectivity index (χ0n) is 11.6. The van der Waals surface area contributed by atoms with Gasteiger partial charge in [0.1, 0.15) is 0 Å². The molecule has 6 heteroatoms. The van der Waals surface area contributed by atoms with E-state index in [2.05, 4.69) is 0 Å². The molecule has 2 N–H and O–H groups in total. The number of halogens is 3. The van der Waals surface area contributed by atoms with E-state index in [1.165, 1.54) is 12.1 Å². The molecular formula is C14H19F3N2O. The van der Waals surface area contributed by atoms with Gasteiger partial charge in [0.15, 0.2) is 0 Å². The highest BCUT2D eigenvalue weighted by molar-refractivity contribution is 5.53. The lowest BCUT2D eigenvalue weighted by Gasteiger charge is -2.38. The Morgan fingerprint density at radius 2 is 2.05 bits per heavy atom. The van der Waals surface area contributed by atoms with Crippen LogP contribution in [0.2, 0.25) is 0 Å². The average Bonchev–Trinajstić information content (AvgIpc) is 2.40. The minimum Gasteiger partial charge on any atom is -0.375 e. The van der Waals surface area contributed by atoms with Crippen LogP contribution in [0.3, 0.4) is 0 Å². The minimum absolute atomic E-state index is 0.00900. The number of alkyl halides is 3. The van der Waals surface area contributed by atoms with Gasteiger partial charge in [0.05, 0.1) is 18.3 Å². The molecule has 112 valence electrons. The summed E-state index contributed by atoms with van der Waals surface area (Å²) in [5.41, 5.74) is 5.43. The number of rotatable bonds is 2. The molecule has 0 saturated carbocycles. The topological polar surface area (TPSA) is 38.5 Å². The molecule has 2 rings (SSSR count). The third kappa shape index (κ3) is 3.07. The summed E-state index contributed by atoms with van der Waals surface area (Å²) in [5, 5.41) is 0. The summed E-state index contributed by atoms with van der Waals surface area (Å²) in [4.78, 5) is 1.95. The van der Waals surface area contributed by atoms with E-state index in [1.54, 1.807) is 6.07 Å². The molecule has 1 saturated heterocycles. The van der Waals surface area contributed by atoms with Crippen molar-refractivity contribution in [2.24, 2.45) is 5.73 Å². The minimum atomic E-state index is -4.38. The molecule has 0 bridgehead atoms. The number of hydrogen-bond acceptors (Lipinski definition) is 3. The van der Waals surface area contributed by atoms with Gasteiger partial charge in [-0.3, -0.25) is 0 Å². The highest BCUT2D eigenvalue weighted by Crippen LogP contribution is 2.35. The first-order valence-electron chi connectivity index (χ1n) is 6.61. The van der Waals surface area contributed by atoms with Crippen molar-refractivity contribution in [2.45, 2.75) is 38.7 Å². The Morgan fingerprint density at radius 3 is 2.65 bits per heavy atom. The number of ether oxygens (including phenoxy) is 1. The first-order valence-corrected chi connectivity index (χ1v) is 6.61. The Morgan fingerprint density at radius 1 is 1.35 bits per heavy atom. The molecule has 0 spiro atoms. The van der Waals surface area contributed by atoms with Gasteiger partial charge in [-0.15, -0.1) is 0 Å². The van der Waals surface area contributed by atoms with E-state index in [0.717, 1.165) is 0 Å². The van der Waals surface area contributed by atoms with Crippen LogP contribution >= 0.6 is 0 Å². The first kappa shape index (κ1) is 15.1. The van der Waals surface area contributed by atoms with Gasteiger partial charge in [-0.25, -0.2) is 0 Å². The molecule has 1 aliphatic rings. The van der Waals surface area contributed by atoms with Crippen molar-refractivity contribution in [1.82, 2.24) is 0 Å². The third-order valence-electron chi connectivity index (χ3n) is 3.56. The molecule has 1 fully saturated rings. The third-order valence-corrected chi connectivity index (χ3v) is 3.56. The normalized spacial score (nSPS) is 24.0. The summed E-state index contributed by atoms with van der Waals surface area (Å²) < 4.78 is 44.7. The quantitative estimate of drug-likeness (QED) is 0.909. The summed E-state index contributed by atoms with van der Waals surface area (Å²) in [6, 6.07) is 4.41. The molecular weight excluding hydrogens is 269 g/mol. The van der Waals surface area contributed by atoms with Gasteiger partial charge in [0.2, 0.25) is 0 Å². The van der Waals surface area contributed by atoms with E-state index in [-0.39, 0.29) is 24.3 Å². The van der Waals surface area contributed by atoms with Crippen LogP contribution in [-0.4, -0.2) is 25.3 Å². The molecule has 1 heterocycles. The molecule has 2 atom stereocenters. The van der Waals surface area contributed by atoms with Crippen molar-refractivity contribution in [3.8, 4) is 0 Å². The predicted octanol–water partition coefficient (Wildman–Crippen LogP) is 2.78. The van der Waals surface area contributed by atoms with Crippen molar-refractivity contribution in [3.05, 3.63) is 29.3 Å². The van der Waals surface area contributed by atoms with Gasteiger partial charge in [-0.2, -0.15) is 13.2 Å². The van der Waals surface area contributed by atoms with E-state index in [0.29, 0.717) is 18.8 Å². The smallest absolute Gasteiger partial charge is 0.375 e. The van der Waals surface area contributed by atoms with E-state index < -0.39 is 11.7 Å². The summed E-state index contributed by atoms with van der Waals surface area (Å²) >= 11 is 0. The molecule has 0 amide bonds. The molecule has 0 aromatic heterocycles. The van der Waals surface area contributed by atoms with Crippen molar-refractivity contribution < 1.29 is 17.9 Å². The second kappa shape index (κ2) is 5.61. The number of benzene rings is 1. The standard InChI is InChI=1S/C14H19F3N2O/c1-9-8-20-10(2)7-19(9)12-4-3-11(6-18)13(5-12)14(15,16)17/h3-5,9-10H,6-8,18H2,1-2H3. The highest BCUT2D eigenvalue weighted by Gasteiger charge is 2.34. The van der Waals surface area contributed by atoms with Gasteiger partial charge in [0.25, 0.3) is 0 Å². The average molecular weight is 288 g/mol. The van der Waals surface area contributed by atoms with Crippen LogP contribution in [0.15, 0.2) is 18.2 Å². The lowest BCUT2D eigenvalue weighted by Crippen LogP contribution is -2.47. The monoisotopic (exact) mass is 288 g/mol. The number of morpholine rings is 1. The first-order chi connectivity index (χ1) is 9.32. The van der Waals surface area contributed by atoms with Crippen LogP contribution in [0.1, 0.15) is 25.0 Å². The van der Waals surface area contributed by atoms with Gasteiger partial charge in [-0.05, 0) is 31.5 Å². The van der Waals surface area contributed by atoms with E-state index in [4.69, 9.17) is 10.5 Å². The van der Waals surface area contributed by atoms with Crippen molar-refractivity contribution in [2.75, 3.05) is 18.1 Å². The van der Waals surface area contributed by atoms with E-state index in [1.807, 2.05) is 18.7 Å². The van der Waals surface area contributed by atoms with Crippen molar-refractivity contribution in [3.63, 3.8) is 0 Å². The maximum Gasteiger partial charge on any atom is 0.416 e. The Balaban J connectivity index is 2.37. The second-order valence-electron chi connectivity index (χ2n) is 5.19. The fourth-order valence-electron chi connectivity index (χ4n) is 2.45. The van der Waals surface area contributed by atoms with E-state index in [9.17, 15) is 13.2 Å². The van der Waals surface area contributed by atoms with Crippen molar-refractivity contribution >= 4 is 5.69 Å². The van der Waals surface area contributed by atoms with Crippen LogP contribution in [0.25, 0.3) is 0 Å². The predicted molar refractivity (Wildman–Crippen MR) is 71.6 cm³/mol. The molecule has 2 unspecified atom stereocenters. The van der Waals surface area contributed by atoms with Crippen molar-refractivity contribution in [1.29, 1.82) is 0 Å². The van der Waals surface area contributed by atoms with Crippen LogP contribution in [0.5, 0.6) is 0 Å². The number of nitrogens with two attached hydrogens (primary N) is 1. The van der Waals surface area contributed by atoms with Gasteiger partial charge in [-0.1, -0.05) is 6.07 Å². The molecule has 1 aliphatic heterocycles. The molecule has 3 nitrogen and oxygen atoms in total. The number of nitrogens with zero attached hydrogens (tertiary/aromatic N) is 1. The van der Waals surface area contributed by atoms with E-state index >= 15 is 0 Å². The second-order valence-corrected chi connectivity index (χ2v) is 5.19. The van der Waals surface area contributed by atoms with Crippen LogP contribution < -0.4 is 10.6 Å². The van der Waals surface area contributed by atoms with Crippen LogP contribution in [0.4, 0.5) is 18.9 Å². The molecule has 20 heavy (non-hydrogen) atoms. The Hall–Kier alpha value is -1.27. The Labute approximate surface area is 116 Å². The molecule has 0 aliphatic carbocycles. The summed E-state index contributed by atoms with van der Waals surface area (Å²) in [7, 11) is 0. The Kier molecular flexibility index (Phi) is 4.25.